The third-order valence-corrected chi connectivity index (χ3v) is 11.5. The predicted molar refractivity (Wildman–Crippen MR) is 304 cm³/mol. The Bertz CT molecular complexity index is 1120. The van der Waals surface area contributed by atoms with E-state index in [2.05, 4.69) is 101 Å². The minimum absolute atomic E-state index is 0. The van der Waals surface area contributed by atoms with E-state index in [9.17, 15) is 4.79 Å². The summed E-state index contributed by atoms with van der Waals surface area (Å²) >= 11 is 0. The van der Waals surface area contributed by atoms with Crippen LogP contribution in [0, 0.1) is 0 Å². The quantitative estimate of drug-likeness (QED) is 0.205. The Balaban J connectivity index is -0.000000178. The van der Waals surface area contributed by atoms with E-state index in [1.54, 1.807) is 6.92 Å². The Kier molecular flexibility index (Phi) is 62.8. The number of allylic oxidation sites excluding steroid dienone is 5. The van der Waals surface area contributed by atoms with Crippen LogP contribution in [0.2, 0.25) is 0 Å². The standard InChI is InChI=1S/C15H28O2.C15H24O2.C9H16O.C7H12O2.3C3H8.C2H6O.4CH4/c2*1-3-12-7-5-9-14(16-12)11-15-10-6-8-13(4-2)17-15;1-3-8-6-5-7-9(4-2)10-8;1-2-6-4-3-5-7(8)9-6;3*1-3-2;1-2-3;;;;/h12-15H,3-11H2,1-2H3;7,10,13-14H,3-6,8-9,11H2,1-2H3;6,9H,3-5,7H2,1-2H3;6H,2-5H2,1H3;3*3H2,1-2H3;3H,2H2,1H3;4*1H4. The summed E-state index contributed by atoms with van der Waals surface area (Å²) in [4.78, 5) is 10.6. The van der Waals surface area contributed by atoms with Crippen LogP contribution >= 0.6 is 0 Å². The average molecular weight is 988 g/mol. The molecular formula is C61H126O8. The Morgan fingerprint density at radius 2 is 0.725 bits per heavy atom. The van der Waals surface area contributed by atoms with Crippen LogP contribution in [0.5, 0.6) is 0 Å². The van der Waals surface area contributed by atoms with Gasteiger partial charge < -0.3 is 33.5 Å². The third-order valence-electron chi connectivity index (χ3n) is 11.5. The number of rotatable bonds is 11. The van der Waals surface area contributed by atoms with Crippen molar-refractivity contribution in [3.05, 3.63) is 35.5 Å². The zero-order valence-electron chi connectivity index (χ0n) is 45.5. The lowest BCUT2D eigenvalue weighted by Gasteiger charge is -2.35. The highest BCUT2D eigenvalue weighted by Crippen LogP contribution is 2.30. The third kappa shape index (κ3) is 42.2. The minimum Gasteiger partial charge on any atom is -0.495 e. The SMILES string of the molecule is C.C.C.C.CCC.CCC.CCC.CCC1=CCCC(CC)O1.CCC1=CCCC(CC2=CCCC(CC)O2)O1.CCC1CCCC(=O)O1.CCC1CCCC(CC2CCCC(CC)O2)O1.CCO. The van der Waals surface area contributed by atoms with Crippen LogP contribution in [0.1, 0.15) is 300 Å². The number of hydrogen-bond acceptors (Lipinski definition) is 8. The predicted octanol–water partition coefficient (Wildman–Crippen LogP) is 19.5. The van der Waals surface area contributed by atoms with Crippen molar-refractivity contribution < 1.29 is 38.3 Å². The van der Waals surface area contributed by atoms with Gasteiger partial charge in [-0.05, 0) is 154 Å². The van der Waals surface area contributed by atoms with E-state index in [-0.39, 0.29) is 48.4 Å². The molecule has 6 aliphatic rings. The van der Waals surface area contributed by atoms with Crippen molar-refractivity contribution in [3.8, 4) is 0 Å². The lowest BCUT2D eigenvalue weighted by molar-refractivity contribution is -0.153. The highest BCUT2D eigenvalue weighted by molar-refractivity contribution is 5.70. The van der Waals surface area contributed by atoms with Crippen LogP contribution in [0.3, 0.4) is 0 Å². The van der Waals surface area contributed by atoms with Crippen LogP contribution in [0.25, 0.3) is 0 Å². The fourth-order valence-corrected chi connectivity index (χ4v) is 8.05. The summed E-state index contributed by atoms with van der Waals surface area (Å²) in [7, 11) is 0. The van der Waals surface area contributed by atoms with E-state index >= 15 is 0 Å². The number of esters is 1. The number of carbonyl (C=O) groups is 1. The zero-order chi connectivity index (χ0) is 49.1. The molecule has 6 heterocycles. The maximum atomic E-state index is 10.6. The van der Waals surface area contributed by atoms with Crippen molar-refractivity contribution >= 4 is 5.97 Å². The van der Waals surface area contributed by atoms with Crippen LogP contribution in [0.4, 0.5) is 0 Å². The fraction of sp³-hybridized carbons (Fsp3) is 0.885. The van der Waals surface area contributed by atoms with Gasteiger partial charge in [0, 0.05) is 32.3 Å². The fourth-order valence-electron chi connectivity index (χ4n) is 8.05. The highest BCUT2D eigenvalue weighted by atomic mass is 16.5. The molecule has 418 valence electrons. The van der Waals surface area contributed by atoms with E-state index in [1.165, 1.54) is 95.7 Å². The average Bonchev–Trinajstić information content (AvgIpc) is 3.33. The van der Waals surface area contributed by atoms with Gasteiger partial charge in [0.15, 0.2) is 0 Å². The highest BCUT2D eigenvalue weighted by Gasteiger charge is 2.28. The summed E-state index contributed by atoms with van der Waals surface area (Å²) in [5, 5.41) is 7.57. The second-order valence-electron chi connectivity index (χ2n) is 18.2. The first-order chi connectivity index (χ1) is 31.5. The molecule has 3 saturated heterocycles. The van der Waals surface area contributed by atoms with Crippen molar-refractivity contribution in [2.45, 2.75) is 349 Å². The zero-order valence-corrected chi connectivity index (χ0v) is 45.5. The van der Waals surface area contributed by atoms with Crippen molar-refractivity contribution in [3.63, 3.8) is 0 Å². The minimum atomic E-state index is -0.0203. The molecule has 0 amide bonds. The Morgan fingerprint density at radius 1 is 0.420 bits per heavy atom. The van der Waals surface area contributed by atoms with Crippen molar-refractivity contribution in [1.29, 1.82) is 0 Å². The van der Waals surface area contributed by atoms with Crippen LogP contribution in [-0.4, -0.2) is 66.5 Å². The smallest absolute Gasteiger partial charge is 0.306 e. The van der Waals surface area contributed by atoms with Gasteiger partial charge in [0.25, 0.3) is 0 Å². The van der Waals surface area contributed by atoms with Gasteiger partial charge in [0.1, 0.15) is 12.2 Å². The Hall–Kier alpha value is -2.03. The number of aliphatic hydroxyl groups is 1. The summed E-state index contributed by atoms with van der Waals surface area (Å²) in [6.45, 7) is 29.9. The first-order valence-corrected chi connectivity index (χ1v) is 27.7. The van der Waals surface area contributed by atoms with Gasteiger partial charge in [-0.2, -0.15) is 0 Å². The second-order valence-corrected chi connectivity index (χ2v) is 18.2. The Morgan fingerprint density at radius 3 is 1.07 bits per heavy atom. The van der Waals surface area contributed by atoms with E-state index in [0.29, 0.717) is 49.1 Å². The molecule has 6 rings (SSSR count). The van der Waals surface area contributed by atoms with Gasteiger partial charge in [-0.1, -0.05) is 139 Å². The molecule has 0 aliphatic carbocycles. The van der Waals surface area contributed by atoms with Gasteiger partial charge in [0.2, 0.25) is 0 Å². The maximum Gasteiger partial charge on any atom is 0.306 e. The molecule has 6 aliphatic heterocycles. The molecule has 8 heteroatoms. The molecule has 0 aromatic carbocycles. The molecule has 8 atom stereocenters. The molecule has 69 heavy (non-hydrogen) atoms. The lowest BCUT2D eigenvalue weighted by Crippen LogP contribution is -2.34. The molecule has 0 aromatic rings. The molecular weight excluding hydrogens is 861 g/mol. The van der Waals surface area contributed by atoms with Crippen molar-refractivity contribution in [2.24, 2.45) is 0 Å². The van der Waals surface area contributed by atoms with Gasteiger partial charge >= 0.3 is 5.97 Å². The van der Waals surface area contributed by atoms with Crippen LogP contribution in [-0.2, 0) is 33.2 Å². The summed E-state index contributed by atoms with van der Waals surface area (Å²) in [5.41, 5.74) is 0. The molecule has 0 spiro atoms. The van der Waals surface area contributed by atoms with Gasteiger partial charge in [0.05, 0.1) is 53.9 Å². The maximum absolute atomic E-state index is 10.6. The molecule has 0 saturated carbocycles. The number of cyclic esters (lactones) is 1. The topological polar surface area (TPSA) is 92.7 Å². The molecule has 3 fully saturated rings. The van der Waals surface area contributed by atoms with E-state index in [4.69, 9.17) is 33.5 Å². The van der Waals surface area contributed by atoms with Gasteiger partial charge in [-0.25, -0.2) is 0 Å². The van der Waals surface area contributed by atoms with Crippen LogP contribution in [0.15, 0.2) is 35.5 Å². The molecule has 8 unspecified atom stereocenters. The Labute approximate surface area is 433 Å². The molecule has 0 bridgehead atoms. The van der Waals surface area contributed by atoms with Crippen molar-refractivity contribution in [1.82, 2.24) is 0 Å². The number of hydrogen-bond donors (Lipinski definition) is 1. The molecule has 0 radical (unpaired) electrons. The van der Waals surface area contributed by atoms with Gasteiger partial charge in [-0.3, -0.25) is 4.79 Å². The lowest BCUT2D eigenvalue weighted by atomic mass is 9.94. The first-order valence-electron chi connectivity index (χ1n) is 27.7. The molecule has 8 nitrogen and oxygen atoms in total. The number of carbonyl (C=O) groups excluding carboxylic acids is 1. The van der Waals surface area contributed by atoms with Crippen LogP contribution < -0.4 is 0 Å². The summed E-state index contributed by atoms with van der Waals surface area (Å²) in [6, 6.07) is 0. The largest absolute Gasteiger partial charge is 0.495 e. The van der Waals surface area contributed by atoms with E-state index < -0.39 is 0 Å². The number of aliphatic hydroxyl groups excluding tert-OH is 1. The normalized spacial score (nSPS) is 25.1. The summed E-state index contributed by atoms with van der Waals surface area (Å²) in [5.74, 6) is 3.49. The van der Waals surface area contributed by atoms with E-state index in [0.717, 1.165) is 88.6 Å². The number of ether oxygens (including phenoxy) is 6. The van der Waals surface area contributed by atoms with Crippen molar-refractivity contribution in [2.75, 3.05) is 6.61 Å². The first kappa shape index (κ1) is 78.4. The summed E-state index contributed by atoms with van der Waals surface area (Å²) < 4.78 is 34.8. The monoisotopic (exact) mass is 987 g/mol. The molecule has 1 N–H and O–H groups in total. The summed E-state index contributed by atoms with van der Waals surface area (Å²) in [6.07, 6.45) is 41.0. The van der Waals surface area contributed by atoms with Gasteiger partial charge in [-0.15, -0.1) is 0 Å². The van der Waals surface area contributed by atoms with E-state index in [1.807, 2.05) is 6.92 Å². The molecule has 0 aromatic heterocycles. The second kappa shape index (κ2) is 55.3.